The number of aliphatic carboxylic acids is 1. The molecule has 1 aromatic rings. The fourth-order valence-electron chi connectivity index (χ4n) is 1.56. The number of carbonyl (C=O) groups is 1. The minimum atomic E-state index is -0.784. The lowest BCUT2D eigenvalue weighted by atomic mass is 10.0. The summed E-state index contributed by atoms with van der Waals surface area (Å²) in [6.07, 6.45) is 0.611. The first-order valence-electron chi connectivity index (χ1n) is 5.51. The Morgan fingerprint density at radius 3 is 2.44 bits per heavy atom. The summed E-state index contributed by atoms with van der Waals surface area (Å²) in [5, 5.41) is 8.69. The number of rotatable bonds is 6. The molecule has 0 spiro atoms. The maximum atomic E-state index is 10.6. The van der Waals surface area contributed by atoms with Crippen LogP contribution in [0.5, 0.6) is 0 Å². The lowest BCUT2D eigenvalue weighted by Gasteiger charge is -2.20. The third kappa shape index (κ3) is 4.45. The number of ether oxygens (including phenoxy) is 1. The van der Waals surface area contributed by atoms with Crippen molar-refractivity contribution >= 4 is 5.97 Å². The molecule has 0 aliphatic heterocycles. The molecular formula is C13H18O3. The molecule has 88 valence electrons. The minimum absolute atomic E-state index is 0.0963. The molecule has 1 unspecified atom stereocenters. The van der Waals surface area contributed by atoms with Crippen LogP contribution in [0.25, 0.3) is 0 Å². The number of carboxylic acid groups (broad SMARTS) is 1. The maximum Gasteiger partial charge on any atom is 0.303 e. The lowest BCUT2D eigenvalue weighted by Crippen LogP contribution is -2.12. The average molecular weight is 222 g/mol. The van der Waals surface area contributed by atoms with E-state index in [-0.39, 0.29) is 18.6 Å². The largest absolute Gasteiger partial charge is 0.481 e. The Labute approximate surface area is 96.1 Å². The molecule has 0 saturated heterocycles. The van der Waals surface area contributed by atoms with Gasteiger partial charge in [0.1, 0.15) is 0 Å². The Balaban J connectivity index is 2.67. The molecule has 0 saturated carbocycles. The Hall–Kier alpha value is -1.35. The smallest absolute Gasteiger partial charge is 0.303 e. The van der Waals surface area contributed by atoms with Crippen molar-refractivity contribution in [3.05, 3.63) is 35.9 Å². The highest BCUT2D eigenvalue weighted by atomic mass is 16.5. The second kappa shape index (κ2) is 6.28. The summed E-state index contributed by atoms with van der Waals surface area (Å²) >= 11 is 0. The topological polar surface area (TPSA) is 46.5 Å². The molecule has 0 amide bonds. The van der Waals surface area contributed by atoms with Crippen molar-refractivity contribution in [2.24, 2.45) is 0 Å². The molecule has 1 N–H and O–H groups in total. The van der Waals surface area contributed by atoms with Gasteiger partial charge in [-0.1, -0.05) is 30.3 Å². The van der Waals surface area contributed by atoms with Crippen LogP contribution in [0.4, 0.5) is 0 Å². The summed E-state index contributed by atoms with van der Waals surface area (Å²) in [7, 11) is 0. The van der Waals surface area contributed by atoms with E-state index in [1.165, 1.54) is 0 Å². The molecular weight excluding hydrogens is 204 g/mol. The SMILES string of the molecule is CC(C)OC(CCC(=O)O)c1ccccc1. The van der Waals surface area contributed by atoms with Crippen molar-refractivity contribution in [2.75, 3.05) is 0 Å². The Kier molecular flexibility index (Phi) is 4.99. The fraction of sp³-hybridized carbons (Fsp3) is 0.462. The third-order valence-electron chi connectivity index (χ3n) is 2.23. The van der Waals surface area contributed by atoms with E-state index >= 15 is 0 Å². The summed E-state index contributed by atoms with van der Waals surface area (Å²) in [5.74, 6) is -0.784. The van der Waals surface area contributed by atoms with Gasteiger partial charge in [0.25, 0.3) is 0 Å². The van der Waals surface area contributed by atoms with Crippen LogP contribution in [0.2, 0.25) is 0 Å². The summed E-state index contributed by atoms with van der Waals surface area (Å²) < 4.78 is 5.72. The van der Waals surface area contributed by atoms with Crippen molar-refractivity contribution in [3.8, 4) is 0 Å². The molecule has 0 aromatic heterocycles. The summed E-state index contributed by atoms with van der Waals surface area (Å²) in [6, 6.07) is 9.75. The van der Waals surface area contributed by atoms with Crippen LogP contribution >= 0.6 is 0 Å². The van der Waals surface area contributed by atoms with Gasteiger partial charge < -0.3 is 9.84 Å². The quantitative estimate of drug-likeness (QED) is 0.804. The zero-order chi connectivity index (χ0) is 12.0. The minimum Gasteiger partial charge on any atom is -0.481 e. The molecule has 0 bridgehead atoms. The van der Waals surface area contributed by atoms with Gasteiger partial charge in [-0.05, 0) is 25.8 Å². The molecule has 0 heterocycles. The number of benzene rings is 1. The lowest BCUT2D eigenvalue weighted by molar-refractivity contribution is -0.138. The normalized spacial score (nSPS) is 12.7. The predicted octanol–water partition coefficient (Wildman–Crippen LogP) is 3.02. The summed E-state index contributed by atoms with van der Waals surface area (Å²) in [4.78, 5) is 10.6. The zero-order valence-electron chi connectivity index (χ0n) is 9.72. The van der Waals surface area contributed by atoms with E-state index < -0.39 is 5.97 Å². The highest BCUT2D eigenvalue weighted by Gasteiger charge is 2.14. The van der Waals surface area contributed by atoms with E-state index in [4.69, 9.17) is 9.84 Å². The van der Waals surface area contributed by atoms with Crippen molar-refractivity contribution in [3.63, 3.8) is 0 Å². The second-order valence-electron chi connectivity index (χ2n) is 4.02. The van der Waals surface area contributed by atoms with Gasteiger partial charge in [0, 0.05) is 6.42 Å². The van der Waals surface area contributed by atoms with E-state index in [0.717, 1.165) is 5.56 Å². The van der Waals surface area contributed by atoms with E-state index in [0.29, 0.717) is 6.42 Å². The first-order chi connectivity index (χ1) is 7.59. The van der Waals surface area contributed by atoms with Gasteiger partial charge in [0.05, 0.1) is 12.2 Å². The van der Waals surface area contributed by atoms with E-state index in [9.17, 15) is 4.79 Å². The van der Waals surface area contributed by atoms with Gasteiger partial charge in [-0.25, -0.2) is 0 Å². The molecule has 1 rings (SSSR count). The molecule has 1 aromatic carbocycles. The van der Waals surface area contributed by atoms with Crippen LogP contribution in [0.15, 0.2) is 30.3 Å². The Bertz CT molecular complexity index is 319. The van der Waals surface area contributed by atoms with Crippen LogP contribution in [-0.2, 0) is 9.53 Å². The van der Waals surface area contributed by atoms with E-state index in [1.807, 2.05) is 44.2 Å². The van der Waals surface area contributed by atoms with Crippen molar-refractivity contribution in [1.82, 2.24) is 0 Å². The average Bonchev–Trinajstić information content (AvgIpc) is 2.25. The predicted molar refractivity (Wildman–Crippen MR) is 62.3 cm³/mol. The third-order valence-corrected chi connectivity index (χ3v) is 2.23. The Morgan fingerprint density at radius 2 is 1.94 bits per heavy atom. The van der Waals surface area contributed by atoms with Crippen molar-refractivity contribution in [2.45, 2.75) is 38.9 Å². The zero-order valence-corrected chi connectivity index (χ0v) is 9.72. The molecule has 16 heavy (non-hydrogen) atoms. The van der Waals surface area contributed by atoms with Gasteiger partial charge in [0.2, 0.25) is 0 Å². The van der Waals surface area contributed by atoms with Crippen LogP contribution in [0.3, 0.4) is 0 Å². The highest BCUT2D eigenvalue weighted by Crippen LogP contribution is 2.24. The molecule has 0 aliphatic carbocycles. The molecule has 3 heteroatoms. The van der Waals surface area contributed by atoms with Gasteiger partial charge in [-0.3, -0.25) is 4.79 Å². The van der Waals surface area contributed by atoms with Gasteiger partial charge in [-0.15, -0.1) is 0 Å². The monoisotopic (exact) mass is 222 g/mol. The fourth-order valence-corrected chi connectivity index (χ4v) is 1.56. The molecule has 0 aliphatic rings. The second-order valence-corrected chi connectivity index (χ2v) is 4.02. The summed E-state index contributed by atoms with van der Waals surface area (Å²) in [5.41, 5.74) is 1.04. The van der Waals surface area contributed by atoms with E-state index in [1.54, 1.807) is 0 Å². The van der Waals surface area contributed by atoms with Gasteiger partial charge in [-0.2, -0.15) is 0 Å². The molecule has 1 atom stereocenters. The summed E-state index contributed by atoms with van der Waals surface area (Å²) in [6.45, 7) is 3.91. The number of carboxylic acids is 1. The van der Waals surface area contributed by atoms with Crippen LogP contribution in [-0.4, -0.2) is 17.2 Å². The van der Waals surface area contributed by atoms with Gasteiger partial charge in [0.15, 0.2) is 0 Å². The van der Waals surface area contributed by atoms with E-state index in [2.05, 4.69) is 0 Å². The van der Waals surface area contributed by atoms with Crippen LogP contribution in [0, 0.1) is 0 Å². The van der Waals surface area contributed by atoms with Crippen LogP contribution in [0.1, 0.15) is 38.4 Å². The van der Waals surface area contributed by atoms with Crippen LogP contribution < -0.4 is 0 Å². The first-order valence-corrected chi connectivity index (χ1v) is 5.51. The molecule has 3 nitrogen and oxygen atoms in total. The van der Waals surface area contributed by atoms with Crippen molar-refractivity contribution < 1.29 is 14.6 Å². The first kappa shape index (κ1) is 12.7. The van der Waals surface area contributed by atoms with Crippen molar-refractivity contribution in [1.29, 1.82) is 0 Å². The highest BCUT2D eigenvalue weighted by molar-refractivity contribution is 5.66. The molecule has 0 fully saturated rings. The standard InChI is InChI=1S/C13H18O3/c1-10(2)16-12(8-9-13(14)15)11-6-4-3-5-7-11/h3-7,10,12H,8-9H2,1-2H3,(H,14,15). The Morgan fingerprint density at radius 1 is 1.31 bits per heavy atom. The maximum absolute atomic E-state index is 10.6. The molecule has 0 radical (unpaired) electrons. The number of hydrogen-bond acceptors (Lipinski definition) is 2. The number of hydrogen-bond donors (Lipinski definition) is 1. The van der Waals surface area contributed by atoms with Gasteiger partial charge >= 0.3 is 5.97 Å².